The summed E-state index contributed by atoms with van der Waals surface area (Å²) in [5.41, 5.74) is 2.24. The summed E-state index contributed by atoms with van der Waals surface area (Å²) in [6.45, 7) is 0.449. The Labute approximate surface area is 218 Å². The first-order chi connectivity index (χ1) is 17.0. The lowest BCUT2D eigenvalue weighted by Gasteiger charge is -2.41. The van der Waals surface area contributed by atoms with Gasteiger partial charge in [-0.2, -0.15) is 0 Å². The molecule has 2 N–H and O–H groups in total. The van der Waals surface area contributed by atoms with E-state index in [0.29, 0.717) is 40.2 Å². The Morgan fingerprint density at radius 1 is 1.11 bits per heavy atom. The van der Waals surface area contributed by atoms with Crippen molar-refractivity contribution in [3.63, 3.8) is 0 Å². The van der Waals surface area contributed by atoms with Gasteiger partial charge in [0.25, 0.3) is 0 Å². The van der Waals surface area contributed by atoms with E-state index in [1.165, 1.54) is 11.3 Å². The normalized spacial score (nSPS) is 28.1. The second-order valence-corrected chi connectivity index (χ2v) is 11.7. The van der Waals surface area contributed by atoms with Crippen LogP contribution in [0, 0.1) is 11.8 Å². The zero-order valence-corrected chi connectivity index (χ0v) is 21.6. The Morgan fingerprint density at radius 2 is 1.83 bits per heavy atom. The fourth-order valence-electron chi connectivity index (χ4n) is 5.96. The average Bonchev–Trinajstić information content (AvgIpc) is 3.39. The predicted molar refractivity (Wildman–Crippen MR) is 135 cm³/mol. The van der Waals surface area contributed by atoms with Crippen LogP contribution < -0.4 is 0 Å². The summed E-state index contributed by atoms with van der Waals surface area (Å²) < 4.78 is 12.3. The van der Waals surface area contributed by atoms with Crippen LogP contribution in [0.1, 0.15) is 66.5 Å². The van der Waals surface area contributed by atoms with Gasteiger partial charge in [-0.25, -0.2) is 4.98 Å². The molecule has 0 aliphatic heterocycles. The van der Waals surface area contributed by atoms with Crippen LogP contribution in [0.25, 0.3) is 11.3 Å². The Bertz CT molecular complexity index is 1190. The number of rotatable bonds is 8. The molecule has 3 aromatic rings. The summed E-state index contributed by atoms with van der Waals surface area (Å²) in [5.74, 6) is 1.48. The molecule has 3 aliphatic carbocycles. The van der Waals surface area contributed by atoms with E-state index >= 15 is 0 Å². The highest BCUT2D eigenvalue weighted by molar-refractivity contribution is 7.09. The van der Waals surface area contributed by atoms with Crippen LogP contribution >= 0.6 is 34.5 Å². The van der Waals surface area contributed by atoms with Crippen molar-refractivity contribution >= 4 is 34.5 Å². The quantitative estimate of drug-likeness (QED) is 0.362. The number of fused-ring (bicyclic) bond motifs is 2. The molecule has 3 saturated carbocycles. The van der Waals surface area contributed by atoms with Crippen molar-refractivity contribution < 1.29 is 19.5 Å². The molecule has 0 radical (unpaired) electrons. The minimum absolute atomic E-state index is 0.0427. The summed E-state index contributed by atoms with van der Waals surface area (Å²) in [6, 6.07) is 5.44. The van der Waals surface area contributed by atoms with Crippen LogP contribution in [0.5, 0.6) is 0 Å². The number of halogens is 2. The third-order valence-electron chi connectivity index (χ3n) is 7.90. The van der Waals surface area contributed by atoms with E-state index < -0.39 is 5.60 Å². The molecule has 35 heavy (non-hydrogen) atoms. The molecule has 4 atom stereocenters. The minimum Gasteiger partial charge on any atom is -0.396 e. The molecule has 3 fully saturated rings. The van der Waals surface area contributed by atoms with E-state index in [1.807, 2.05) is 23.6 Å². The van der Waals surface area contributed by atoms with Gasteiger partial charge in [-0.05, 0) is 62.5 Å². The molecule has 186 valence electrons. The summed E-state index contributed by atoms with van der Waals surface area (Å²) in [7, 11) is 0. The number of thiazole rings is 1. The first-order valence-corrected chi connectivity index (χ1v) is 13.9. The first-order valence-electron chi connectivity index (χ1n) is 12.3. The Morgan fingerprint density at radius 3 is 2.49 bits per heavy atom. The van der Waals surface area contributed by atoms with Crippen LogP contribution in [0.3, 0.4) is 0 Å². The maximum absolute atomic E-state index is 11.7. The van der Waals surface area contributed by atoms with Crippen molar-refractivity contribution in [1.29, 1.82) is 0 Å². The molecular formula is C26H28Cl2N2O4S. The molecule has 2 bridgehead atoms. The van der Waals surface area contributed by atoms with E-state index in [1.54, 1.807) is 0 Å². The highest BCUT2D eigenvalue weighted by atomic mass is 35.5. The molecule has 3 aliphatic rings. The number of ether oxygens (including phenoxy) is 1. The maximum Gasteiger partial charge on any atom is 0.145 e. The number of hydrogen-bond donors (Lipinski definition) is 2. The van der Waals surface area contributed by atoms with Gasteiger partial charge >= 0.3 is 0 Å². The zero-order chi connectivity index (χ0) is 24.2. The highest BCUT2D eigenvalue weighted by Crippen LogP contribution is 2.56. The van der Waals surface area contributed by atoms with Gasteiger partial charge in [0.15, 0.2) is 0 Å². The van der Waals surface area contributed by atoms with Gasteiger partial charge < -0.3 is 19.5 Å². The molecule has 2 unspecified atom stereocenters. The molecule has 1 aromatic carbocycles. The third kappa shape index (κ3) is 4.24. The predicted octanol–water partition coefficient (Wildman–Crippen LogP) is 6.11. The Hall–Kier alpha value is -1.48. The molecule has 9 heteroatoms. The zero-order valence-electron chi connectivity index (χ0n) is 19.3. The fraction of sp³-hybridized carbons (Fsp3) is 0.538. The van der Waals surface area contributed by atoms with Crippen molar-refractivity contribution in [1.82, 2.24) is 10.1 Å². The highest BCUT2D eigenvalue weighted by Gasteiger charge is 2.56. The van der Waals surface area contributed by atoms with Crippen molar-refractivity contribution in [2.45, 2.75) is 69.2 Å². The number of aromatic nitrogens is 2. The molecule has 0 saturated heterocycles. The largest absolute Gasteiger partial charge is 0.396 e. The van der Waals surface area contributed by atoms with E-state index in [-0.39, 0.29) is 24.5 Å². The molecule has 2 heterocycles. The molecular weight excluding hydrogens is 507 g/mol. The summed E-state index contributed by atoms with van der Waals surface area (Å²) in [4.78, 5) is 4.67. The molecule has 2 aromatic heterocycles. The Kier molecular flexibility index (Phi) is 6.44. The summed E-state index contributed by atoms with van der Waals surface area (Å²) in [6.07, 6.45) is 6.25. The minimum atomic E-state index is -0.898. The number of nitrogens with zero attached hydrogens (tertiary/aromatic N) is 2. The topological polar surface area (TPSA) is 88.6 Å². The lowest BCUT2D eigenvalue weighted by atomic mass is 9.73. The average molecular weight is 535 g/mol. The van der Waals surface area contributed by atoms with Crippen molar-refractivity contribution in [2.24, 2.45) is 11.8 Å². The second kappa shape index (κ2) is 9.43. The number of aliphatic hydroxyl groups is 2. The molecule has 0 amide bonds. The maximum atomic E-state index is 11.7. The van der Waals surface area contributed by atoms with E-state index in [2.05, 4.69) is 10.1 Å². The van der Waals surface area contributed by atoms with Crippen LogP contribution in [0.4, 0.5) is 0 Å². The SMILES string of the molecule is OCCc1csc(C2(O)[C@@H]3CC[C@H]2CC(OCc2c(-c4c(Cl)cccc4Cl)noc2C2CC2)C3)n1. The van der Waals surface area contributed by atoms with Crippen LogP contribution in [0.15, 0.2) is 28.1 Å². The lowest BCUT2D eigenvalue weighted by Crippen LogP contribution is -2.44. The number of aliphatic hydroxyl groups excluding tert-OH is 1. The number of hydrogen-bond acceptors (Lipinski definition) is 7. The van der Waals surface area contributed by atoms with Crippen LogP contribution in [-0.4, -0.2) is 33.1 Å². The van der Waals surface area contributed by atoms with Gasteiger partial charge in [0.1, 0.15) is 22.1 Å². The number of benzene rings is 1. The van der Waals surface area contributed by atoms with Gasteiger partial charge in [-0.3, -0.25) is 0 Å². The Balaban J connectivity index is 1.21. The van der Waals surface area contributed by atoms with Gasteiger partial charge in [-0.1, -0.05) is 34.4 Å². The lowest BCUT2D eigenvalue weighted by molar-refractivity contribution is -0.116. The van der Waals surface area contributed by atoms with Gasteiger partial charge in [0, 0.05) is 35.5 Å². The van der Waals surface area contributed by atoms with Crippen molar-refractivity contribution in [3.05, 3.63) is 55.6 Å². The third-order valence-corrected chi connectivity index (χ3v) is 9.56. The van der Waals surface area contributed by atoms with Crippen molar-refractivity contribution in [3.8, 4) is 11.3 Å². The monoisotopic (exact) mass is 534 g/mol. The molecule has 6 nitrogen and oxygen atoms in total. The van der Waals surface area contributed by atoms with E-state index in [0.717, 1.165) is 60.6 Å². The second-order valence-electron chi connectivity index (χ2n) is 10.1. The molecule has 0 spiro atoms. The van der Waals surface area contributed by atoms with E-state index in [4.69, 9.17) is 32.5 Å². The molecule has 6 rings (SSSR count). The standard InChI is InChI=1S/C26H28Cl2N2O4S/c27-20-2-1-3-21(28)22(20)23-19(24(34-30-23)14-4-5-14)12-33-18-10-15-6-7-16(11-18)26(15,32)25-29-17(8-9-31)13-35-25/h1-3,13-16,18,31-32H,4-12H2/t15-,16+,18?,26?. The summed E-state index contributed by atoms with van der Waals surface area (Å²) in [5, 5.41) is 29.2. The van der Waals surface area contributed by atoms with E-state index in [9.17, 15) is 10.2 Å². The van der Waals surface area contributed by atoms with Gasteiger partial charge in [0.05, 0.1) is 28.5 Å². The van der Waals surface area contributed by atoms with Gasteiger partial charge in [0.2, 0.25) is 0 Å². The fourth-order valence-corrected chi connectivity index (χ4v) is 7.64. The van der Waals surface area contributed by atoms with Crippen molar-refractivity contribution in [2.75, 3.05) is 6.61 Å². The van der Waals surface area contributed by atoms with Crippen LogP contribution in [0.2, 0.25) is 10.0 Å². The first kappa shape index (κ1) is 23.9. The van der Waals surface area contributed by atoms with Crippen LogP contribution in [-0.2, 0) is 23.4 Å². The smallest absolute Gasteiger partial charge is 0.145 e. The summed E-state index contributed by atoms with van der Waals surface area (Å²) >= 11 is 14.5. The van der Waals surface area contributed by atoms with Gasteiger partial charge in [-0.15, -0.1) is 11.3 Å².